The lowest BCUT2D eigenvalue weighted by molar-refractivity contribution is -0.228. The minimum atomic E-state index is -4.94. The number of nitrogens with one attached hydrogen (secondary N) is 1. The number of benzene rings is 2. The highest BCUT2D eigenvalue weighted by Gasteiger charge is 2.54. The number of halogens is 6. The molecule has 1 aliphatic heterocycles. The summed E-state index contributed by atoms with van der Waals surface area (Å²) in [5.74, 6) is 0. The van der Waals surface area contributed by atoms with Crippen LogP contribution in [0.2, 0.25) is 5.02 Å². The van der Waals surface area contributed by atoms with E-state index in [0.29, 0.717) is 13.3 Å². The quantitative estimate of drug-likeness (QED) is 0.507. The van der Waals surface area contributed by atoms with Gasteiger partial charge in [-0.1, -0.05) is 41.9 Å². The van der Waals surface area contributed by atoms with Gasteiger partial charge < -0.3 is 5.32 Å². The Morgan fingerprint density at radius 3 is 2.53 bits per heavy atom. The van der Waals surface area contributed by atoms with E-state index in [2.05, 4.69) is 11.4 Å². The highest BCUT2D eigenvalue weighted by atomic mass is 35.5. The number of rotatable bonds is 3. The minimum Gasteiger partial charge on any atom is -0.313 e. The number of alkyl halides is 4. The van der Waals surface area contributed by atoms with E-state index in [1.54, 1.807) is 6.07 Å². The van der Waals surface area contributed by atoms with Gasteiger partial charge in [0.2, 0.25) is 5.67 Å². The average Bonchev–Trinajstić information content (AvgIpc) is 3.07. The third-order valence-electron chi connectivity index (χ3n) is 6.79. The first kappa shape index (κ1) is 23.4. The Kier molecular flexibility index (Phi) is 6.23. The van der Waals surface area contributed by atoms with Crippen LogP contribution in [0.25, 0.3) is 0 Å². The predicted molar refractivity (Wildman–Crippen MR) is 115 cm³/mol. The first-order chi connectivity index (χ1) is 13.5. The van der Waals surface area contributed by atoms with Crippen molar-refractivity contribution in [2.75, 3.05) is 6.54 Å². The van der Waals surface area contributed by atoms with E-state index in [1.165, 1.54) is 12.1 Å². The molecule has 0 bridgehead atoms. The first-order valence-corrected chi connectivity index (χ1v) is 10.3. The highest BCUT2D eigenvalue weighted by molar-refractivity contribution is 6.31. The smallest absolute Gasteiger partial charge is 0.313 e. The van der Waals surface area contributed by atoms with E-state index in [4.69, 9.17) is 11.6 Å². The van der Waals surface area contributed by atoms with Gasteiger partial charge in [-0.2, -0.15) is 13.2 Å². The summed E-state index contributed by atoms with van der Waals surface area (Å²) in [6, 6.07) is 10.7. The van der Waals surface area contributed by atoms with Crippen LogP contribution in [0, 0.1) is 6.92 Å². The van der Waals surface area contributed by atoms with Gasteiger partial charge >= 0.3 is 6.18 Å². The van der Waals surface area contributed by atoms with Crippen LogP contribution in [0.3, 0.4) is 0 Å². The summed E-state index contributed by atoms with van der Waals surface area (Å²) in [7, 11) is 0. The molecule has 3 atom stereocenters. The molecule has 0 radical (unpaired) electrons. The lowest BCUT2D eigenvalue weighted by Gasteiger charge is -2.42. The molecular weight excluding hydrogens is 437 g/mol. The Morgan fingerprint density at radius 2 is 1.87 bits per heavy atom. The molecule has 164 valence electrons. The van der Waals surface area contributed by atoms with Crippen LogP contribution in [-0.4, -0.2) is 18.8 Å². The Hall–Kier alpha value is -1.30. The van der Waals surface area contributed by atoms with Gasteiger partial charge in [0.1, 0.15) is 0 Å². The SMILES string of the molecule is Cc1cc(CC23CCNC2CCc2cc(C(C)(F)C(F)(F)F)ccc23)ccc1Cl.Cl. The topological polar surface area (TPSA) is 12.0 Å². The van der Waals surface area contributed by atoms with Gasteiger partial charge in [0.25, 0.3) is 0 Å². The second-order valence-electron chi connectivity index (χ2n) is 8.58. The summed E-state index contributed by atoms with van der Waals surface area (Å²) < 4.78 is 54.2. The normalized spacial score (nSPS) is 25.1. The molecule has 3 unspecified atom stereocenters. The van der Waals surface area contributed by atoms with Crippen LogP contribution in [0.4, 0.5) is 17.6 Å². The summed E-state index contributed by atoms with van der Waals surface area (Å²) in [6.45, 7) is 3.43. The summed E-state index contributed by atoms with van der Waals surface area (Å²) >= 11 is 6.17. The average molecular weight is 462 g/mol. The molecule has 2 aromatic carbocycles. The monoisotopic (exact) mass is 461 g/mol. The fourth-order valence-corrected chi connectivity index (χ4v) is 5.19. The zero-order valence-electron chi connectivity index (χ0n) is 16.9. The van der Waals surface area contributed by atoms with Crippen molar-refractivity contribution >= 4 is 24.0 Å². The third kappa shape index (κ3) is 3.74. The first-order valence-electron chi connectivity index (χ1n) is 9.92. The zero-order chi connectivity index (χ0) is 21.0. The van der Waals surface area contributed by atoms with Crippen molar-refractivity contribution in [2.45, 2.75) is 62.8 Å². The maximum Gasteiger partial charge on any atom is 0.426 e. The van der Waals surface area contributed by atoms with Gasteiger partial charge in [-0.15, -0.1) is 12.4 Å². The Balaban J connectivity index is 0.00000256. The fourth-order valence-electron chi connectivity index (χ4n) is 5.07. The van der Waals surface area contributed by atoms with Gasteiger partial charge in [-0.3, -0.25) is 0 Å². The number of aryl methyl sites for hydroxylation is 2. The Bertz CT molecular complexity index is 941. The summed E-state index contributed by atoms with van der Waals surface area (Å²) in [4.78, 5) is 0. The van der Waals surface area contributed by atoms with Crippen molar-refractivity contribution in [3.63, 3.8) is 0 Å². The van der Waals surface area contributed by atoms with E-state index in [0.717, 1.165) is 53.1 Å². The summed E-state index contributed by atoms with van der Waals surface area (Å²) in [5, 5.41) is 4.29. The number of fused-ring (bicyclic) bond motifs is 3. The van der Waals surface area contributed by atoms with Crippen molar-refractivity contribution in [2.24, 2.45) is 0 Å². The molecule has 0 spiro atoms. The third-order valence-corrected chi connectivity index (χ3v) is 7.21. The number of hydrogen-bond donors (Lipinski definition) is 1. The van der Waals surface area contributed by atoms with Crippen molar-refractivity contribution in [1.82, 2.24) is 5.32 Å². The predicted octanol–water partition coefficient (Wildman–Crippen LogP) is 6.61. The molecule has 0 amide bonds. The van der Waals surface area contributed by atoms with Crippen LogP contribution < -0.4 is 5.32 Å². The van der Waals surface area contributed by atoms with Gasteiger partial charge in [-0.05, 0) is 80.0 Å². The van der Waals surface area contributed by atoms with Crippen LogP contribution in [0.1, 0.15) is 47.6 Å². The lowest BCUT2D eigenvalue weighted by atomic mass is 9.63. The molecule has 1 aliphatic carbocycles. The summed E-state index contributed by atoms with van der Waals surface area (Å²) in [6.07, 6.45) is -1.78. The van der Waals surface area contributed by atoms with E-state index < -0.39 is 11.8 Å². The highest BCUT2D eigenvalue weighted by Crippen LogP contribution is 2.48. The molecule has 1 heterocycles. The standard InChI is InChI=1S/C23H24ClF4N.ClH/c1-14-11-15(3-7-19(14)24)13-22-9-10-29-20(22)8-4-16-12-17(5-6-18(16)22)21(2,25)23(26,27)28;/h3,5-7,11-12,20,29H,4,8-10,13H2,1-2H3;1H. The minimum absolute atomic E-state index is 0. The molecule has 1 fully saturated rings. The molecule has 2 aromatic rings. The van der Waals surface area contributed by atoms with Crippen LogP contribution in [0.15, 0.2) is 36.4 Å². The summed E-state index contributed by atoms with van der Waals surface area (Å²) in [5.41, 5.74) is 0.181. The van der Waals surface area contributed by atoms with Crippen molar-refractivity contribution in [3.8, 4) is 0 Å². The Labute approximate surface area is 185 Å². The van der Waals surface area contributed by atoms with Crippen molar-refractivity contribution in [1.29, 1.82) is 0 Å². The van der Waals surface area contributed by atoms with Gasteiger partial charge in [0.05, 0.1) is 0 Å². The van der Waals surface area contributed by atoms with Crippen LogP contribution in [0.5, 0.6) is 0 Å². The number of hydrogen-bond acceptors (Lipinski definition) is 1. The second-order valence-corrected chi connectivity index (χ2v) is 8.99. The molecular formula is C23H25Cl2F4N. The van der Waals surface area contributed by atoms with Crippen LogP contribution >= 0.6 is 24.0 Å². The van der Waals surface area contributed by atoms with Crippen LogP contribution in [-0.2, 0) is 23.9 Å². The fraction of sp³-hybridized carbons (Fsp3) is 0.478. The molecule has 1 N–H and O–H groups in total. The second kappa shape index (κ2) is 7.99. The Morgan fingerprint density at radius 1 is 1.13 bits per heavy atom. The zero-order valence-corrected chi connectivity index (χ0v) is 18.4. The van der Waals surface area contributed by atoms with E-state index >= 15 is 0 Å². The molecule has 30 heavy (non-hydrogen) atoms. The molecule has 2 aliphatic rings. The largest absolute Gasteiger partial charge is 0.426 e. The maximum atomic E-state index is 14.5. The van der Waals surface area contributed by atoms with Crippen molar-refractivity contribution in [3.05, 3.63) is 69.2 Å². The lowest BCUT2D eigenvalue weighted by Crippen LogP contribution is -2.46. The van der Waals surface area contributed by atoms with E-state index in [-0.39, 0.29) is 29.4 Å². The molecule has 1 saturated heterocycles. The molecule has 0 saturated carbocycles. The molecule has 0 aromatic heterocycles. The molecule has 1 nitrogen and oxygen atoms in total. The molecule has 4 rings (SSSR count). The van der Waals surface area contributed by atoms with Gasteiger partial charge in [0.15, 0.2) is 0 Å². The van der Waals surface area contributed by atoms with E-state index in [9.17, 15) is 17.6 Å². The van der Waals surface area contributed by atoms with Gasteiger partial charge in [0, 0.05) is 16.5 Å². The van der Waals surface area contributed by atoms with E-state index in [1.807, 2.05) is 19.1 Å². The molecule has 7 heteroatoms. The maximum absolute atomic E-state index is 14.5. The van der Waals surface area contributed by atoms with Crippen molar-refractivity contribution < 1.29 is 17.6 Å². The van der Waals surface area contributed by atoms with Gasteiger partial charge in [-0.25, -0.2) is 4.39 Å².